The van der Waals surface area contributed by atoms with Gasteiger partial charge in [-0.3, -0.25) is 4.79 Å². The summed E-state index contributed by atoms with van der Waals surface area (Å²) in [5, 5.41) is 0. The van der Waals surface area contributed by atoms with Gasteiger partial charge in [0.05, 0.1) is 0 Å². The average molecular weight is 162 g/mol. The maximum atomic E-state index is 11.5. The van der Waals surface area contributed by atoms with E-state index in [4.69, 9.17) is 0 Å². The highest BCUT2D eigenvalue weighted by atomic mass is 16.1. The molecule has 0 amide bonds. The summed E-state index contributed by atoms with van der Waals surface area (Å²) in [6.07, 6.45) is 8.48. The van der Waals surface area contributed by atoms with Crippen LogP contribution in [-0.2, 0) is 4.79 Å². The fourth-order valence-corrected chi connectivity index (χ4v) is 2.11. The number of hydrogen-bond acceptors (Lipinski definition) is 1. The standard InChI is InChI=1S/C11H14O/c1-8-5-6-9-3-2-4-11(12)10(9)7-8/h5,7,9H,2-4,6H2,1H3. The summed E-state index contributed by atoms with van der Waals surface area (Å²) in [6, 6.07) is 0. The van der Waals surface area contributed by atoms with E-state index in [9.17, 15) is 4.79 Å². The predicted octanol–water partition coefficient (Wildman–Crippen LogP) is 2.63. The summed E-state index contributed by atoms with van der Waals surface area (Å²) in [5.41, 5.74) is 2.36. The van der Waals surface area contributed by atoms with Gasteiger partial charge in [0.15, 0.2) is 5.78 Å². The molecule has 1 unspecified atom stereocenters. The van der Waals surface area contributed by atoms with Gasteiger partial charge >= 0.3 is 0 Å². The highest BCUT2D eigenvalue weighted by Gasteiger charge is 2.26. The third-order valence-corrected chi connectivity index (χ3v) is 2.83. The first-order chi connectivity index (χ1) is 5.77. The first-order valence-electron chi connectivity index (χ1n) is 4.69. The van der Waals surface area contributed by atoms with Crippen LogP contribution < -0.4 is 0 Å². The Morgan fingerprint density at radius 3 is 3.17 bits per heavy atom. The van der Waals surface area contributed by atoms with E-state index in [1.165, 1.54) is 12.0 Å². The minimum atomic E-state index is 0.388. The summed E-state index contributed by atoms with van der Waals surface area (Å²) >= 11 is 0. The van der Waals surface area contributed by atoms with Crippen molar-refractivity contribution in [2.24, 2.45) is 5.92 Å². The molecule has 2 aliphatic rings. The molecule has 1 saturated carbocycles. The molecule has 0 heterocycles. The Morgan fingerprint density at radius 2 is 2.33 bits per heavy atom. The molecule has 0 aliphatic heterocycles. The van der Waals surface area contributed by atoms with Crippen molar-refractivity contribution in [2.45, 2.75) is 32.6 Å². The van der Waals surface area contributed by atoms with Gasteiger partial charge in [0.2, 0.25) is 0 Å². The second kappa shape index (κ2) is 2.89. The molecule has 0 N–H and O–H groups in total. The molecule has 0 aromatic carbocycles. The van der Waals surface area contributed by atoms with Crippen molar-refractivity contribution in [3.8, 4) is 0 Å². The Kier molecular flexibility index (Phi) is 1.87. The molecule has 0 bridgehead atoms. The lowest BCUT2D eigenvalue weighted by Gasteiger charge is -2.26. The molecule has 0 aromatic heterocycles. The van der Waals surface area contributed by atoms with Crippen molar-refractivity contribution in [2.75, 3.05) is 0 Å². The van der Waals surface area contributed by atoms with Gasteiger partial charge in [0.25, 0.3) is 0 Å². The molecule has 2 aliphatic carbocycles. The van der Waals surface area contributed by atoms with Gasteiger partial charge in [-0.1, -0.05) is 17.7 Å². The number of ketones is 1. The summed E-state index contributed by atoms with van der Waals surface area (Å²) in [5.74, 6) is 0.939. The van der Waals surface area contributed by atoms with Crippen molar-refractivity contribution < 1.29 is 4.79 Å². The largest absolute Gasteiger partial charge is 0.295 e. The van der Waals surface area contributed by atoms with E-state index in [0.29, 0.717) is 11.7 Å². The Hall–Kier alpha value is -0.850. The minimum absolute atomic E-state index is 0.388. The van der Waals surface area contributed by atoms with Gasteiger partial charge in [-0.05, 0) is 37.7 Å². The SMILES string of the molecule is CC1=CCC2CCCC(=O)C2=C1. The van der Waals surface area contributed by atoms with Crippen molar-refractivity contribution >= 4 is 5.78 Å². The van der Waals surface area contributed by atoms with E-state index in [2.05, 4.69) is 19.1 Å². The molecule has 1 fully saturated rings. The van der Waals surface area contributed by atoms with E-state index in [1.807, 2.05) is 0 Å². The fourth-order valence-electron chi connectivity index (χ4n) is 2.11. The molecule has 1 atom stereocenters. The Morgan fingerprint density at radius 1 is 1.50 bits per heavy atom. The second-order valence-electron chi connectivity index (χ2n) is 3.80. The fraction of sp³-hybridized carbons (Fsp3) is 0.545. The van der Waals surface area contributed by atoms with Crippen LogP contribution in [0.4, 0.5) is 0 Å². The Labute approximate surface area is 73.2 Å². The molecule has 0 spiro atoms. The summed E-state index contributed by atoms with van der Waals surface area (Å²) < 4.78 is 0. The maximum absolute atomic E-state index is 11.5. The maximum Gasteiger partial charge on any atom is 0.159 e. The predicted molar refractivity (Wildman–Crippen MR) is 48.8 cm³/mol. The van der Waals surface area contributed by atoms with Crippen LogP contribution in [-0.4, -0.2) is 5.78 Å². The lowest BCUT2D eigenvalue weighted by molar-refractivity contribution is -0.117. The number of allylic oxidation sites excluding steroid dienone is 4. The zero-order valence-electron chi connectivity index (χ0n) is 7.47. The number of Topliss-reactive ketones (excluding diaryl/α,β-unsaturated/α-hetero) is 1. The molecule has 1 heteroatoms. The normalized spacial score (nSPS) is 29.1. The highest BCUT2D eigenvalue weighted by Crippen LogP contribution is 2.33. The molecule has 0 saturated heterocycles. The highest BCUT2D eigenvalue weighted by molar-refractivity contribution is 5.97. The summed E-state index contributed by atoms with van der Waals surface area (Å²) in [6.45, 7) is 2.07. The smallest absolute Gasteiger partial charge is 0.159 e. The minimum Gasteiger partial charge on any atom is -0.295 e. The van der Waals surface area contributed by atoms with Crippen LogP contribution in [0, 0.1) is 5.92 Å². The van der Waals surface area contributed by atoms with Gasteiger partial charge in [0, 0.05) is 6.42 Å². The molecule has 2 rings (SSSR count). The lowest BCUT2D eigenvalue weighted by Crippen LogP contribution is -2.20. The molecular weight excluding hydrogens is 148 g/mol. The van der Waals surface area contributed by atoms with Crippen LogP contribution in [0.5, 0.6) is 0 Å². The van der Waals surface area contributed by atoms with E-state index in [-0.39, 0.29) is 0 Å². The summed E-state index contributed by atoms with van der Waals surface area (Å²) in [4.78, 5) is 11.5. The topological polar surface area (TPSA) is 17.1 Å². The van der Waals surface area contributed by atoms with Crippen molar-refractivity contribution in [3.63, 3.8) is 0 Å². The van der Waals surface area contributed by atoms with Crippen molar-refractivity contribution in [3.05, 3.63) is 23.3 Å². The summed E-state index contributed by atoms with van der Waals surface area (Å²) in [7, 11) is 0. The third kappa shape index (κ3) is 1.24. The van der Waals surface area contributed by atoms with E-state index in [1.54, 1.807) is 0 Å². The zero-order chi connectivity index (χ0) is 8.55. The molecule has 0 aromatic rings. The first kappa shape index (κ1) is 7.78. The number of fused-ring (bicyclic) bond motifs is 1. The lowest BCUT2D eigenvalue weighted by atomic mass is 9.78. The number of carbonyl (C=O) groups is 1. The molecule has 0 radical (unpaired) electrons. The van der Waals surface area contributed by atoms with Gasteiger partial charge in [-0.15, -0.1) is 0 Å². The van der Waals surface area contributed by atoms with Crippen LogP contribution in [0.2, 0.25) is 0 Å². The average Bonchev–Trinajstić information content (AvgIpc) is 2.07. The van der Waals surface area contributed by atoms with Gasteiger partial charge in [-0.25, -0.2) is 0 Å². The van der Waals surface area contributed by atoms with E-state index < -0.39 is 0 Å². The van der Waals surface area contributed by atoms with Gasteiger partial charge in [0.1, 0.15) is 0 Å². The molecule has 1 nitrogen and oxygen atoms in total. The van der Waals surface area contributed by atoms with Crippen molar-refractivity contribution in [1.29, 1.82) is 0 Å². The van der Waals surface area contributed by atoms with Crippen molar-refractivity contribution in [1.82, 2.24) is 0 Å². The molecular formula is C11H14O. The third-order valence-electron chi connectivity index (χ3n) is 2.83. The number of rotatable bonds is 0. The zero-order valence-corrected chi connectivity index (χ0v) is 7.47. The van der Waals surface area contributed by atoms with Crippen LogP contribution in [0.25, 0.3) is 0 Å². The monoisotopic (exact) mass is 162 g/mol. The molecule has 12 heavy (non-hydrogen) atoms. The second-order valence-corrected chi connectivity index (χ2v) is 3.80. The van der Waals surface area contributed by atoms with Crippen LogP contribution in [0.1, 0.15) is 32.6 Å². The van der Waals surface area contributed by atoms with Crippen LogP contribution in [0.15, 0.2) is 23.3 Å². The Balaban J connectivity index is 2.29. The first-order valence-corrected chi connectivity index (χ1v) is 4.69. The van der Waals surface area contributed by atoms with E-state index >= 15 is 0 Å². The quantitative estimate of drug-likeness (QED) is 0.535. The number of carbonyl (C=O) groups excluding carboxylic acids is 1. The van der Waals surface area contributed by atoms with Crippen LogP contribution >= 0.6 is 0 Å². The van der Waals surface area contributed by atoms with Crippen LogP contribution in [0.3, 0.4) is 0 Å². The van der Waals surface area contributed by atoms with Gasteiger partial charge in [-0.2, -0.15) is 0 Å². The molecule has 64 valence electrons. The van der Waals surface area contributed by atoms with Gasteiger partial charge < -0.3 is 0 Å². The Bertz CT molecular complexity index is 271. The number of hydrogen-bond donors (Lipinski definition) is 0. The van der Waals surface area contributed by atoms with E-state index in [0.717, 1.165) is 24.8 Å².